The van der Waals surface area contributed by atoms with Crippen LogP contribution < -0.4 is 14.8 Å². The molecular weight excluding hydrogens is 466 g/mol. The van der Waals surface area contributed by atoms with Gasteiger partial charge in [-0.05, 0) is 55.5 Å². The number of hydrogen-bond donors (Lipinski definition) is 3. The highest BCUT2D eigenvalue weighted by Crippen LogP contribution is 2.46. The third-order valence-electron chi connectivity index (χ3n) is 6.00. The van der Waals surface area contributed by atoms with E-state index in [-0.39, 0.29) is 17.4 Å². The van der Waals surface area contributed by atoms with Crippen LogP contribution in [0.25, 0.3) is 0 Å². The third-order valence-corrected chi connectivity index (χ3v) is 7.47. The SMILES string of the molecule is C[C@H](O)CNc1cccc(S(=O)(=O)NC(=O)C2(Oc3cc(Cl)ccc3C3CCCC3)CC2)n1. The van der Waals surface area contributed by atoms with Gasteiger partial charge in [0.1, 0.15) is 11.6 Å². The van der Waals surface area contributed by atoms with Crippen LogP contribution in [-0.4, -0.2) is 42.7 Å². The van der Waals surface area contributed by atoms with Crippen molar-refractivity contribution in [2.75, 3.05) is 11.9 Å². The maximum Gasteiger partial charge on any atom is 0.281 e. The van der Waals surface area contributed by atoms with Crippen molar-refractivity contribution >= 4 is 33.3 Å². The lowest BCUT2D eigenvalue weighted by Crippen LogP contribution is -2.43. The molecule has 0 saturated heterocycles. The lowest BCUT2D eigenvalue weighted by Gasteiger charge is -2.22. The Bertz CT molecular complexity index is 1130. The smallest absolute Gasteiger partial charge is 0.281 e. The van der Waals surface area contributed by atoms with Gasteiger partial charge in [0.25, 0.3) is 15.9 Å². The number of nitrogens with one attached hydrogen (secondary N) is 2. The molecule has 1 aromatic heterocycles. The van der Waals surface area contributed by atoms with Gasteiger partial charge in [-0.2, -0.15) is 8.42 Å². The maximum absolute atomic E-state index is 13.0. The van der Waals surface area contributed by atoms with E-state index in [0.29, 0.717) is 29.5 Å². The molecule has 2 aliphatic carbocycles. The summed E-state index contributed by atoms with van der Waals surface area (Å²) in [6.45, 7) is 1.81. The van der Waals surface area contributed by atoms with Crippen molar-refractivity contribution in [3.63, 3.8) is 0 Å². The van der Waals surface area contributed by atoms with Gasteiger partial charge in [0.15, 0.2) is 10.6 Å². The van der Waals surface area contributed by atoms with Crippen molar-refractivity contribution in [2.45, 2.75) is 68.1 Å². The lowest BCUT2D eigenvalue weighted by atomic mass is 9.96. The number of aliphatic hydroxyl groups is 1. The van der Waals surface area contributed by atoms with Gasteiger partial charge in [-0.15, -0.1) is 0 Å². The van der Waals surface area contributed by atoms with Gasteiger partial charge in [-0.3, -0.25) is 4.79 Å². The fraction of sp³-hybridized carbons (Fsp3) is 0.478. The number of carbonyl (C=O) groups excluding carboxylic acids is 1. The largest absolute Gasteiger partial charge is 0.477 e. The van der Waals surface area contributed by atoms with Gasteiger partial charge >= 0.3 is 0 Å². The summed E-state index contributed by atoms with van der Waals surface area (Å²) >= 11 is 6.19. The van der Waals surface area contributed by atoms with Crippen LogP contribution in [0, 0.1) is 0 Å². The van der Waals surface area contributed by atoms with E-state index in [2.05, 4.69) is 15.0 Å². The molecule has 2 aliphatic rings. The molecule has 2 fully saturated rings. The monoisotopic (exact) mass is 493 g/mol. The van der Waals surface area contributed by atoms with E-state index in [9.17, 15) is 18.3 Å². The van der Waals surface area contributed by atoms with Crippen molar-refractivity contribution in [1.82, 2.24) is 9.71 Å². The number of pyridine rings is 1. The Morgan fingerprint density at radius 3 is 2.67 bits per heavy atom. The van der Waals surface area contributed by atoms with Crippen LogP contribution in [0.15, 0.2) is 41.4 Å². The van der Waals surface area contributed by atoms with Crippen molar-refractivity contribution in [1.29, 1.82) is 0 Å². The molecule has 0 unspecified atom stereocenters. The van der Waals surface area contributed by atoms with Crippen molar-refractivity contribution in [2.24, 2.45) is 0 Å². The number of aliphatic hydroxyl groups excluding tert-OH is 1. The minimum absolute atomic E-state index is 0.211. The summed E-state index contributed by atoms with van der Waals surface area (Å²) in [6.07, 6.45) is 4.60. The van der Waals surface area contributed by atoms with E-state index < -0.39 is 27.6 Å². The van der Waals surface area contributed by atoms with Crippen LogP contribution in [-0.2, 0) is 14.8 Å². The summed E-state index contributed by atoms with van der Waals surface area (Å²) < 4.78 is 34.0. The number of halogens is 1. The first-order valence-electron chi connectivity index (χ1n) is 11.1. The molecule has 0 spiro atoms. The quantitative estimate of drug-likeness (QED) is 0.488. The third kappa shape index (κ3) is 5.59. The molecule has 178 valence electrons. The average molecular weight is 494 g/mol. The molecule has 0 bridgehead atoms. The van der Waals surface area contributed by atoms with Crippen LogP contribution in [0.5, 0.6) is 5.75 Å². The van der Waals surface area contributed by atoms with E-state index in [1.807, 2.05) is 12.1 Å². The fourth-order valence-electron chi connectivity index (χ4n) is 4.05. The van der Waals surface area contributed by atoms with Crippen LogP contribution in [0.4, 0.5) is 5.82 Å². The zero-order valence-electron chi connectivity index (χ0n) is 18.4. The van der Waals surface area contributed by atoms with Gasteiger partial charge in [0.05, 0.1) is 6.10 Å². The highest BCUT2D eigenvalue weighted by Gasteiger charge is 2.54. The molecule has 2 aromatic rings. The molecule has 10 heteroatoms. The van der Waals surface area contributed by atoms with Gasteiger partial charge in [-0.25, -0.2) is 9.71 Å². The molecule has 1 heterocycles. The molecule has 1 aromatic carbocycles. The Morgan fingerprint density at radius 1 is 1.27 bits per heavy atom. The Labute approximate surface area is 198 Å². The average Bonchev–Trinajstić information content (AvgIpc) is 3.35. The summed E-state index contributed by atoms with van der Waals surface area (Å²) in [5.74, 6) is 0.454. The Balaban J connectivity index is 1.50. The van der Waals surface area contributed by atoms with Crippen molar-refractivity contribution < 1.29 is 23.1 Å². The van der Waals surface area contributed by atoms with E-state index in [1.165, 1.54) is 12.1 Å². The highest BCUT2D eigenvalue weighted by molar-refractivity contribution is 7.90. The van der Waals surface area contributed by atoms with Gasteiger partial charge in [0, 0.05) is 24.4 Å². The predicted molar refractivity (Wildman–Crippen MR) is 125 cm³/mol. The van der Waals surface area contributed by atoms with Crippen LogP contribution in [0.2, 0.25) is 5.02 Å². The number of hydrogen-bond acceptors (Lipinski definition) is 7. The van der Waals surface area contributed by atoms with Crippen LogP contribution >= 0.6 is 11.6 Å². The number of nitrogens with zero attached hydrogens (tertiary/aromatic N) is 1. The molecule has 8 nitrogen and oxygen atoms in total. The maximum atomic E-state index is 13.0. The summed E-state index contributed by atoms with van der Waals surface area (Å²) in [6, 6.07) is 9.86. The number of anilines is 1. The van der Waals surface area contributed by atoms with E-state index in [4.69, 9.17) is 16.3 Å². The number of ether oxygens (including phenoxy) is 1. The first-order valence-corrected chi connectivity index (χ1v) is 13.0. The summed E-state index contributed by atoms with van der Waals surface area (Å²) in [4.78, 5) is 17.1. The molecule has 1 atom stereocenters. The minimum Gasteiger partial charge on any atom is -0.477 e. The predicted octanol–water partition coefficient (Wildman–Crippen LogP) is 3.60. The van der Waals surface area contributed by atoms with Gasteiger partial charge < -0.3 is 15.2 Å². The summed E-state index contributed by atoms with van der Waals surface area (Å²) in [7, 11) is -4.21. The standard InChI is InChI=1S/C23H28ClN3O5S/c1-15(28)14-25-20-7-4-8-21(26-20)33(30,31)27-22(29)23(11-12-23)32-19-13-17(24)9-10-18(19)16-5-2-3-6-16/h4,7-10,13,15-16,28H,2-3,5-6,11-12,14H2,1H3,(H,25,26)(H,27,29)/t15-/m0/s1. The Kier molecular flexibility index (Phi) is 6.83. The number of amides is 1. The zero-order valence-corrected chi connectivity index (χ0v) is 20.0. The number of sulfonamides is 1. The van der Waals surface area contributed by atoms with Crippen LogP contribution in [0.3, 0.4) is 0 Å². The normalized spacial score (nSPS) is 18.5. The second-order valence-electron chi connectivity index (χ2n) is 8.79. The first-order chi connectivity index (χ1) is 15.7. The number of aromatic nitrogens is 1. The first kappa shape index (κ1) is 23.8. The van der Waals surface area contributed by atoms with E-state index >= 15 is 0 Å². The molecule has 2 saturated carbocycles. The van der Waals surface area contributed by atoms with Crippen molar-refractivity contribution in [3.8, 4) is 5.75 Å². The van der Waals surface area contributed by atoms with Gasteiger partial charge in [0.2, 0.25) is 0 Å². The second-order valence-corrected chi connectivity index (χ2v) is 10.9. The number of rotatable bonds is 9. The molecular formula is C23H28ClN3O5S. The number of carbonyl (C=O) groups is 1. The summed E-state index contributed by atoms with van der Waals surface area (Å²) in [5, 5.41) is 12.5. The molecule has 0 radical (unpaired) electrons. The van der Waals surface area contributed by atoms with E-state index in [0.717, 1.165) is 31.2 Å². The van der Waals surface area contributed by atoms with Crippen molar-refractivity contribution in [3.05, 3.63) is 47.0 Å². The van der Waals surface area contributed by atoms with Crippen LogP contribution in [0.1, 0.15) is 56.9 Å². The minimum atomic E-state index is -4.21. The zero-order chi connectivity index (χ0) is 23.6. The molecule has 33 heavy (non-hydrogen) atoms. The molecule has 1 amide bonds. The molecule has 3 N–H and O–H groups in total. The number of benzene rings is 1. The molecule has 0 aliphatic heterocycles. The highest BCUT2D eigenvalue weighted by atomic mass is 35.5. The van der Waals surface area contributed by atoms with E-state index in [1.54, 1.807) is 19.1 Å². The lowest BCUT2D eigenvalue weighted by molar-refractivity contribution is -0.128. The Morgan fingerprint density at radius 2 is 2.00 bits per heavy atom. The second kappa shape index (κ2) is 9.48. The Hall–Kier alpha value is -2.36. The molecule has 4 rings (SSSR count). The van der Waals surface area contributed by atoms with Gasteiger partial charge in [-0.1, -0.05) is 36.6 Å². The topological polar surface area (TPSA) is 118 Å². The summed E-state index contributed by atoms with van der Waals surface area (Å²) in [5.41, 5.74) is -0.231. The fourth-order valence-corrected chi connectivity index (χ4v) is 5.23.